The van der Waals surface area contributed by atoms with Crippen molar-refractivity contribution in [2.45, 2.75) is 25.8 Å². The zero-order chi connectivity index (χ0) is 21.4. The molecule has 0 fully saturated rings. The maximum atomic E-state index is 13.2. The van der Waals surface area contributed by atoms with E-state index in [0.29, 0.717) is 36.3 Å². The predicted molar refractivity (Wildman–Crippen MR) is 114 cm³/mol. The van der Waals surface area contributed by atoms with Gasteiger partial charge in [0.2, 0.25) is 5.75 Å². The molecule has 2 N–H and O–H groups in total. The number of halogens is 1. The number of guanidine groups is 1. The Bertz CT molecular complexity index is 811. The zero-order valence-electron chi connectivity index (χ0n) is 17.9. The van der Waals surface area contributed by atoms with E-state index in [4.69, 9.17) is 14.2 Å². The van der Waals surface area contributed by atoms with Crippen LogP contribution in [0.3, 0.4) is 0 Å². The molecule has 0 spiro atoms. The summed E-state index contributed by atoms with van der Waals surface area (Å²) < 4.78 is 29.3. The van der Waals surface area contributed by atoms with Gasteiger partial charge in [0.1, 0.15) is 5.82 Å². The SMILES string of the molecule is CN=C(NCc1cc(OC)c(OC)c(OC)c1)NCC(C)(C)c1ccc(F)cc1. The molecule has 0 heterocycles. The zero-order valence-corrected chi connectivity index (χ0v) is 17.9. The minimum absolute atomic E-state index is 0.197. The number of methoxy groups -OCH3 is 3. The molecule has 0 saturated carbocycles. The van der Waals surface area contributed by atoms with Gasteiger partial charge in [-0.1, -0.05) is 26.0 Å². The van der Waals surface area contributed by atoms with E-state index >= 15 is 0 Å². The van der Waals surface area contributed by atoms with Gasteiger partial charge in [-0.15, -0.1) is 0 Å². The van der Waals surface area contributed by atoms with E-state index in [-0.39, 0.29) is 11.2 Å². The van der Waals surface area contributed by atoms with Crippen LogP contribution < -0.4 is 24.8 Å². The lowest BCUT2D eigenvalue weighted by Gasteiger charge is -2.27. The van der Waals surface area contributed by atoms with Crippen LogP contribution >= 0.6 is 0 Å². The third-order valence-corrected chi connectivity index (χ3v) is 4.73. The minimum Gasteiger partial charge on any atom is -0.493 e. The maximum Gasteiger partial charge on any atom is 0.203 e. The number of nitrogens with one attached hydrogen (secondary N) is 2. The van der Waals surface area contributed by atoms with Crippen molar-refractivity contribution in [3.05, 3.63) is 53.3 Å². The Morgan fingerprint density at radius 3 is 2.03 bits per heavy atom. The molecule has 6 nitrogen and oxygen atoms in total. The largest absolute Gasteiger partial charge is 0.493 e. The molecular weight excluding hydrogens is 373 g/mol. The van der Waals surface area contributed by atoms with E-state index in [1.807, 2.05) is 24.3 Å². The summed E-state index contributed by atoms with van der Waals surface area (Å²) in [5.41, 5.74) is 1.81. The fourth-order valence-electron chi connectivity index (χ4n) is 2.95. The second-order valence-electron chi connectivity index (χ2n) is 7.20. The van der Waals surface area contributed by atoms with Gasteiger partial charge in [0.25, 0.3) is 0 Å². The van der Waals surface area contributed by atoms with Gasteiger partial charge < -0.3 is 24.8 Å². The molecule has 0 amide bonds. The molecule has 2 aromatic rings. The van der Waals surface area contributed by atoms with Crippen LogP contribution in [0.5, 0.6) is 17.2 Å². The van der Waals surface area contributed by atoms with Crippen LogP contribution in [0.15, 0.2) is 41.4 Å². The summed E-state index contributed by atoms with van der Waals surface area (Å²) in [4.78, 5) is 4.28. The highest BCUT2D eigenvalue weighted by molar-refractivity contribution is 5.79. The molecule has 158 valence electrons. The normalized spacial score (nSPS) is 11.8. The highest BCUT2D eigenvalue weighted by Crippen LogP contribution is 2.38. The number of hydrogen-bond donors (Lipinski definition) is 2. The van der Waals surface area contributed by atoms with Gasteiger partial charge >= 0.3 is 0 Å². The molecule has 7 heteroatoms. The first-order chi connectivity index (χ1) is 13.8. The molecule has 0 radical (unpaired) electrons. The molecule has 0 aliphatic carbocycles. The van der Waals surface area contributed by atoms with Crippen molar-refractivity contribution in [2.75, 3.05) is 34.9 Å². The van der Waals surface area contributed by atoms with Crippen LogP contribution in [0.4, 0.5) is 4.39 Å². The Kier molecular flexibility index (Phi) is 7.70. The van der Waals surface area contributed by atoms with Crippen molar-refractivity contribution in [2.24, 2.45) is 4.99 Å². The number of aliphatic imine (C=N–C) groups is 1. The van der Waals surface area contributed by atoms with Crippen molar-refractivity contribution >= 4 is 5.96 Å². The van der Waals surface area contributed by atoms with Crippen LogP contribution in [0.1, 0.15) is 25.0 Å². The van der Waals surface area contributed by atoms with E-state index < -0.39 is 0 Å². The molecule has 2 aromatic carbocycles. The Morgan fingerprint density at radius 1 is 0.966 bits per heavy atom. The Morgan fingerprint density at radius 2 is 1.55 bits per heavy atom. The number of rotatable bonds is 8. The highest BCUT2D eigenvalue weighted by atomic mass is 19.1. The molecule has 0 aromatic heterocycles. The average Bonchev–Trinajstić information content (AvgIpc) is 2.73. The lowest BCUT2D eigenvalue weighted by Crippen LogP contribution is -2.43. The van der Waals surface area contributed by atoms with Gasteiger partial charge in [0.15, 0.2) is 17.5 Å². The smallest absolute Gasteiger partial charge is 0.203 e. The monoisotopic (exact) mass is 403 g/mol. The molecule has 0 aliphatic rings. The molecular formula is C22H30FN3O3. The van der Waals surface area contributed by atoms with E-state index in [0.717, 1.165) is 11.1 Å². The lowest BCUT2D eigenvalue weighted by molar-refractivity contribution is 0.323. The summed E-state index contributed by atoms with van der Waals surface area (Å²) in [5, 5.41) is 6.62. The third-order valence-electron chi connectivity index (χ3n) is 4.73. The molecule has 0 bridgehead atoms. The first-order valence-electron chi connectivity index (χ1n) is 9.34. The molecule has 2 rings (SSSR count). The van der Waals surface area contributed by atoms with E-state index in [1.54, 1.807) is 28.4 Å². The Labute approximate surface area is 172 Å². The van der Waals surface area contributed by atoms with Crippen molar-refractivity contribution in [1.82, 2.24) is 10.6 Å². The summed E-state index contributed by atoms with van der Waals surface area (Å²) in [6.45, 7) is 5.35. The van der Waals surface area contributed by atoms with Crippen LogP contribution in [-0.4, -0.2) is 40.9 Å². The second kappa shape index (κ2) is 10.0. The van der Waals surface area contributed by atoms with Gasteiger partial charge in [0, 0.05) is 25.6 Å². The van der Waals surface area contributed by atoms with Gasteiger partial charge in [-0.3, -0.25) is 4.99 Å². The van der Waals surface area contributed by atoms with Crippen LogP contribution in [0.2, 0.25) is 0 Å². The molecule has 0 atom stereocenters. The fraction of sp³-hybridized carbons (Fsp3) is 0.409. The van der Waals surface area contributed by atoms with Gasteiger partial charge in [0.05, 0.1) is 21.3 Å². The van der Waals surface area contributed by atoms with Crippen molar-refractivity contribution in [3.63, 3.8) is 0 Å². The molecule has 0 saturated heterocycles. The van der Waals surface area contributed by atoms with Crippen molar-refractivity contribution < 1.29 is 18.6 Å². The topological polar surface area (TPSA) is 64.1 Å². The number of ether oxygens (including phenoxy) is 3. The number of benzene rings is 2. The third kappa shape index (κ3) is 5.76. The average molecular weight is 403 g/mol. The maximum absolute atomic E-state index is 13.2. The summed E-state index contributed by atoms with van der Waals surface area (Å²) >= 11 is 0. The van der Waals surface area contributed by atoms with E-state index in [1.165, 1.54) is 12.1 Å². The first kappa shape index (κ1) is 22.3. The van der Waals surface area contributed by atoms with Gasteiger partial charge in [-0.25, -0.2) is 4.39 Å². The Hall–Kier alpha value is -2.96. The summed E-state index contributed by atoms with van der Waals surface area (Å²) in [6, 6.07) is 10.4. The summed E-state index contributed by atoms with van der Waals surface area (Å²) in [7, 11) is 6.47. The Balaban J connectivity index is 2.03. The van der Waals surface area contributed by atoms with E-state index in [2.05, 4.69) is 29.5 Å². The fourth-order valence-corrected chi connectivity index (χ4v) is 2.95. The van der Waals surface area contributed by atoms with E-state index in [9.17, 15) is 4.39 Å². The second-order valence-corrected chi connectivity index (χ2v) is 7.20. The minimum atomic E-state index is -0.236. The molecule has 0 unspecified atom stereocenters. The highest BCUT2D eigenvalue weighted by Gasteiger charge is 2.21. The number of nitrogens with zero attached hydrogens (tertiary/aromatic N) is 1. The summed E-state index contributed by atoms with van der Waals surface area (Å²) in [6.07, 6.45) is 0. The standard InChI is InChI=1S/C22H30FN3O3/c1-22(2,16-7-9-17(23)10-8-16)14-26-21(24-3)25-13-15-11-18(27-4)20(29-6)19(12-15)28-5/h7-12H,13-14H2,1-6H3,(H2,24,25,26). The quantitative estimate of drug-likeness (QED) is 0.522. The van der Waals surface area contributed by atoms with Crippen LogP contribution in [0.25, 0.3) is 0 Å². The van der Waals surface area contributed by atoms with Crippen molar-refractivity contribution in [3.8, 4) is 17.2 Å². The van der Waals surface area contributed by atoms with Gasteiger partial charge in [-0.05, 0) is 35.4 Å². The number of hydrogen-bond acceptors (Lipinski definition) is 4. The molecule has 29 heavy (non-hydrogen) atoms. The van der Waals surface area contributed by atoms with Crippen LogP contribution in [-0.2, 0) is 12.0 Å². The lowest BCUT2D eigenvalue weighted by atomic mass is 9.84. The van der Waals surface area contributed by atoms with Crippen LogP contribution in [0, 0.1) is 5.82 Å². The summed E-state index contributed by atoms with van der Waals surface area (Å²) in [5.74, 6) is 2.18. The van der Waals surface area contributed by atoms with Gasteiger partial charge in [-0.2, -0.15) is 0 Å². The predicted octanol–water partition coefficient (Wildman–Crippen LogP) is 3.49. The first-order valence-corrected chi connectivity index (χ1v) is 9.34. The van der Waals surface area contributed by atoms with Crippen molar-refractivity contribution in [1.29, 1.82) is 0 Å². The molecule has 0 aliphatic heterocycles.